The second-order valence-electron chi connectivity index (χ2n) is 8.42. The normalized spacial score (nSPS) is 19.8. The van der Waals surface area contributed by atoms with E-state index in [1.54, 1.807) is 12.1 Å². The van der Waals surface area contributed by atoms with Crippen molar-refractivity contribution >= 4 is 17.5 Å². The van der Waals surface area contributed by atoms with Gasteiger partial charge >= 0.3 is 0 Å². The van der Waals surface area contributed by atoms with Crippen molar-refractivity contribution in [2.45, 2.75) is 38.3 Å². The lowest BCUT2D eigenvalue weighted by molar-refractivity contribution is -0.121. The van der Waals surface area contributed by atoms with Crippen molar-refractivity contribution in [3.8, 4) is 0 Å². The molecule has 0 bridgehead atoms. The van der Waals surface area contributed by atoms with Gasteiger partial charge in [-0.1, -0.05) is 42.5 Å². The first-order valence-electron chi connectivity index (χ1n) is 11.2. The lowest BCUT2D eigenvalue weighted by Crippen LogP contribution is -2.38. The summed E-state index contributed by atoms with van der Waals surface area (Å²) in [5.74, 6) is -0.210. The van der Waals surface area contributed by atoms with Crippen molar-refractivity contribution in [3.63, 3.8) is 0 Å². The molecule has 2 amide bonds. The highest BCUT2D eigenvalue weighted by Crippen LogP contribution is 2.23. The maximum absolute atomic E-state index is 12.9. The highest BCUT2D eigenvalue weighted by atomic mass is 16.5. The maximum atomic E-state index is 12.9. The molecule has 0 radical (unpaired) electrons. The number of para-hydroxylation sites is 1. The summed E-state index contributed by atoms with van der Waals surface area (Å²) in [6, 6.07) is 17.6. The Morgan fingerprint density at radius 3 is 2.45 bits per heavy atom. The summed E-state index contributed by atoms with van der Waals surface area (Å²) < 4.78 is 5.57. The number of piperidine rings is 1. The van der Waals surface area contributed by atoms with Crippen LogP contribution in [0, 0.1) is 5.92 Å². The molecule has 164 valence electrons. The largest absolute Gasteiger partial charge is 0.376 e. The minimum atomic E-state index is -0.177. The third kappa shape index (κ3) is 5.93. The van der Waals surface area contributed by atoms with E-state index in [0.717, 1.165) is 51.9 Å². The van der Waals surface area contributed by atoms with Crippen LogP contribution in [0.1, 0.15) is 41.6 Å². The molecule has 2 aliphatic heterocycles. The Balaban J connectivity index is 1.29. The molecule has 2 aliphatic rings. The van der Waals surface area contributed by atoms with Gasteiger partial charge in [0.15, 0.2) is 0 Å². The summed E-state index contributed by atoms with van der Waals surface area (Å²) in [7, 11) is 0. The third-order valence-electron chi connectivity index (χ3n) is 6.15. The van der Waals surface area contributed by atoms with Crippen LogP contribution in [-0.4, -0.2) is 49.1 Å². The van der Waals surface area contributed by atoms with Crippen molar-refractivity contribution in [1.82, 2.24) is 10.2 Å². The number of hydrogen-bond donors (Lipinski definition) is 2. The van der Waals surface area contributed by atoms with Gasteiger partial charge in [0.05, 0.1) is 17.4 Å². The molecule has 2 saturated heterocycles. The summed E-state index contributed by atoms with van der Waals surface area (Å²) in [6.07, 6.45) is 3.75. The molecule has 2 aromatic rings. The Bertz CT molecular complexity index is 873. The summed E-state index contributed by atoms with van der Waals surface area (Å²) in [6.45, 7) is 3.98. The zero-order valence-electron chi connectivity index (χ0n) is 17.9. The summed E-state index contributed by atoms with van der Waals surface area (Å²) in [4.78, 5) is 28.0. The minimum Gasteiger partial charge on any atom is -0.376 e. The van der Waals surface area contributed by atoms with E-state index in [4.69, 9.17) is 4.74 Å². The Morgan fingerprint density at radius 1 is 0.968 bits per heavy atom. The van der Waals surface area contributed by atoms with Crippen LogP contribution in [-0.2, 0) is 16.1 Å². The van der Waals surface area contributed by atoms with E-state index >= 15 is 0 Å². The van der Waals surface area contributed by atoms with Crippen LogP contribution in [0.4, 0.5) is 5.69 Å². The topological polar surface area (TPSA) is 70.7 Å². The van der Waals surface area contributed by atoms with Gasteiger partial charge in [-0.25, -0.2) is 0 Å². The lowest BCUT2D eigenvalue weighted by Gasteiger charge is -2.31. The number of carbonyl (C=O) groups excluding carboxylic acids is 2. The van der Waals surface area contributed by atoms with Gasteiger partial charge in [-0.05, 0) is 56.5 Å². The van der Waals surface area contributed by atoms with Gasteiger partial charge in [0.1, 0.15) is 0 Å². The van der Waals surface area contributed by atoms with Gasteiger partial charge in [-0.15, -0.1) is 0 Å². The zero-order chi connectivity index (χ0) is 21.5. The fourth-order valence-electron chi connectivity index (χ4n) is 4.33. The Morgan fingerprint density at radius 2 is 1.71 bits per heavy atom. The number of nitrogens with one attached hydrogen (secondary N) is 2. The highest BCUT2D eigenvalue weighted by molar-refractivity contribution is 6.04. The van der Waals surface area contributed by atoms with Crippen LogP contribution in [0.3, 0.4) is 0 Å². The Kier molecular flexibility index (Phi) is 7.33. The highest BCUT2D eigenvalue weighted by Gasteiger charge is 2.26. The predicted octanol–water partition coefficient (Wildman–Crippen LogP) is 3.45. The SMILES string of the molecule is O=C(NC[C@@H]1CCCO1)c1ccccc1NC(=O)C1CCN(Cc2ccccc2)CC1. The quantitative estimate of drug-likeness (QED) is 0.718. The average Bonchev–Trinajstić information content (AvgIpc) is 3.33. The molecule has 2 aromatic carbocycles. The first-order valence-corrected chi connectivity index (χ1v) is 11.2. The van der Waals surface area contributed by atoms with Crippen LogP contribution in [0.25, 0.3) is 0 Å². The van der Waals surface area contributed by atoms with Crippen LogP contribution in [0.15, 0.2) is 54.6 Å². The molecule has 2 N–H and O–H groups in total. The molecular formula is C25H31N3O3. The molecule has 4 rings (SSSR count). The summed E-state index contributed by atoms with van der Waals surface area (Å²) in [5, 5.41) is 5.95. The van der Waals surface area contributed by atoms with E-state index in [0.29, 0.717) is 17.8 Å². The predicted molar refractivity (Wildman–Crippen MR) is 121 cm³/mol. The van der Waals surface area contributed by atoms with Gasteiger partial charge in [0.25, 0.3) is 5.91 Å². The van der Waals surface area contributed by atoms with Crippen molar-refractivity contribution in [1.29, 1.82) is 0 Å². The minimum absolute atomic E-state index is 0.00117. The van der Waals surface area contributed by atoms with E-state index < -0.39 is 0 Å². The standard InChI is InChI=1S/C25H31N3O3/c29-24(20-12-14-28(15-13-20)18-19-7-2-1-3-8-19)27-23-11-5-4-10-22(23)25(30)26-17-21-9-6-16-31-21/h1-5,7-8,10-11,20-21H,6,9,12-18H2,(H,26,30)(H,27,29)/t21-/m0/s1. The molecule has 1 atom stereocenters. The number of anilines is 1. The van der Waals surface area contributed by atoms with E-state index in [-0.39, 0.29) is 23.8 Å². The maximum Gasteiger partial charge on any atom is 0.253 e. The molecular weight excluding hydrogens is 390 g/mol. The first kappa shape index (κ1) is 21.5. The number of ether oxygens (including phenoxy) is 1. The molecule has 0 saturated carbocycles. The second kappa shape index (κ2) is 10.6. The molecule has 6 heteroatoms. The van der Waals surface area contributed by atoms with Crippen LogP contribution < -0.4 is 10.6 Å². The Labute approximate surface area is 184 Å². The van der Waals surface area contributed by atoms with Crippen molar-refractivity contribution in [2.24, 2.45) is 5.92 Å². The number of nitrogens with zero attached hydrogens (tertiary/aromatic N) is 1. The number of carbonyl (C=O) groups is 2. The number of amides is 2. The molecule has 0 unspecified atom stereocenters. The zero-order valence-corrected chi connectivity index (χ0v) is 17.9. The van der Waals surface area contributed by atoms with E-state index in [1.807, 2.05) is 18.2 Å². The average molecular weight is 422 g/mol. The molecule has 0 aromatic heterocycles. The third-order valence-corrected chi connectivity index (χ3v) is 6.15. The number of likely N-dealkylation sites (tertiary alicyclic amines) is 1. The van der Waals surface area contributed by atoms with Crippen LogP contribution in [0.2, 0.25) is 0 Å². The van der Waals surface area contributed by atoms with Gasteiger partial charge in [-0.2, -0.15) is 0 Å². The van der Waals surface area contributed by atoms with E-state index in [2.05, 4.69) is 39.8 Å². The molecule has 0 aliphatic carbocycles. The monoisotopic (exact) mass is 421 g/mol. The lowest BCUT2D eigenvalue weighted by atomic mass is 9.95. The van der Waals surface area contributed by atoms with Crippen molar-refractivity contribution in [3.05, 3.63) is 65.7 Å². The number of benzene rings is 2. The summed E-state index contributed by atoms with van der Waals surface area (Å²) in [5.41, 5.74) is 2.37. The fourth-order valence-corrected chi connectivity index (χ4v) is 4.33. The molecule has 0 spiro atoms. The van der Waals surface area contributed by atoms with Gasteiger partial charge in [-0.3, -0.25) is 14.5 Å². The van der Waals surface area contributed by atoms with Crippen LogP contribution >= 0.6 is 0 Å². The summed E-state index contributed by atoms with van der Waals surface area (Å²) >= 11 is 0. The van der Waals surface area contributed by atoms with Gasteiger partial charge < -0.3 is 15.4 Å². The fraction of sp³-hybridized carbons (Fsp3) is 0.440. The van der Waals surface area contributed by atoms with Crippen molar-refractivity contribution < 1.29 is 14.3 Å². The van der Waals surface area contributed by atoms with Crippen molar-refractivity contribution in [2.75, 3.05) is 31.6 Å². The molecule has 2 heterocycles. The molecule has 31 heavy (non-hydrogen) atoms. The smallest absolute Gasteiger partial charge is 0.253 e. The molecule has 6 nitrogen and oxygen atoms in total. The molecule has 2 fully saturated rings. The van der Waals surface area contributed by atoms with E-state index in [1.165, 1.54) is 5.56 Å². The van der Waals surface area contributed by atoms with E-state index in [9.17, 15) is 9.59 Å². The van der Waals surface area contributed by atoms with Crippen LogP contribution in [0.5, 0.6) is 0 Å². The van der Waals surface area contributed by atoms with Gasteiger partial charge in [0.2, 0.25) is 5.91 Å². The number of rotatable bonds is 7. The Hall–Kier alpha value is -2.70. The first-order chi connectivity index (χ1) is 15.2. The second-order valence-corrected chi connectivity index (χ2v) is 8.42. The van der Waals surface area contributed by atoms with Gasteiger partial charge in [0, 0.05) is 25.6 Å². The number of hydrogen-bond acceptors (Lipinski definition) is 4.